The fourth-order valence-corrected chi connectivity index (χ4v) is 3.61. The van der Waals surface area contributed by atoms with Gasteiger partial charge in [-0.2, -0.15) is 5.26 Å². The Labute approximate surface area is 155 Å². The number of piperidine rings is 1. The second kappa shape index (κ2) is 8.08. The highest BCUT2D eigenvalue weighted by molar-refractivity contribution is 7.16. The van der Waals surface area contributed by atoms with Crippen LogP contribution in [-0.4, -0.2) is 34.8 Å². The van der Waals surface area contributed by atoms with E-state index in [9.17, 15) is 9.59 Å². The highest BCUT2D eigenvalue weighted by atomic mass is 32.1. The van der Waals surface area contributed by atoms with Crippen molar-refractivity contribution in [1.29, 1.82) is 5.26 Å². The predicted octanol–water partition coefficient (Wildman–Crippen LogP) is 1.96. The van der Waals surface area contributed by atoms with E-state index in [4.69, 9.17) is 11.0 Å². The van der Waals surface area contributed by atoms with E-state index in [0.717, 1.165) is 42.8 Å². The second-order valence-electron chi connectivity index (χ2n) is 6.27. The van der Waals surface area contributed by atoms with Gasteiger partial charge in [-0.15, -0.1) is 0 Å². The van der Waals surface area contributed by atoms with Crippen LogP contribution >= 0.6 is 11.3 Å². The Bertz CT molecular complexity index is 840. The zero-order chi connectivity index (χ0) is 18.5. The van der Waals surface area contributed by atoms with E-state index in [0.29, 0.717) is 22.1 Å². The summed E-state index contributed by atoms with van der Waals surface area (Å²) in [4.78, 5) is 30.3. The monoisotopic (exact) mass is 369 g/mol. The number of hydrogen-bond donors (Lipinski definition) is 2. The van der Waals surface area contributed by atoms with Crippen LogP contribution in [-0.2, 0) is 11.3 Å². The fraction of sp³-hybridized carbons (Fsp3) is 0.333. The molecule has 0 radical (unpaired) electrons. The van der Waals surface area contributed by atoms with Gasteiger partial charge in [0, 0.05) is 18.7 Å². The molecule has 1 aliphatic rings. The Balaban J connectivity index is 1.58. The van der Waals surface area contributed by atoms with Gasteiger partial charge in [-0.3, -0.25) is 19.8 Å². The minimum absolute atomic E-state index is 0.0783. The van der Waals surface area contributed by atoms with Crippen LogP contribution in [0.25, 0.3) is 0 Å². The van der Waals surface area contributed by atoms with Crippen molar-refractivity contribution >= 4 is 28.3 Å². The maximum atomic E-state index is 12.2. The number of likely N-dealkylation sites (tertiary alicyclic amines) is 1. The molecule has 1 saturated heterocycles. The molecule has 1 aromatic carbocycles. The first kappa shape index (κ1) is 18.0. The number of rotatable bonds is 5. The van der Waals surface area contributed by atoms with E-state index < -0.39 is 0 Å². The molecule has 7 nitrogen and oxygen atoms in total. The summed E-state index contributed by atoms with van der Waals surface area (Å²) in [5, 5.41) is 11.9. The van der Waals surface area contributed by atoms with Gasteiger partial charge >= 0.3 is 0 Å². The quantitative estimate of drug-likeness (QED) is 0.837. The Kier molecular flexibility index (Phi) is 5.61. The van der Waals surface area contributed by atoms with Crippen molar-refractivity contribution in [2.24, 2.45) is 11.7 Å². The van der Waals surface area contributed by atoms with E-state index in [-0.39, 0.29) is 17.7 Å². The van der Waals surface area contributed by atoms with Crippen LogP contribution in [0, 0.1) is 17.2 Å². The van der Waals surface area contributed by atoms with Crippen LogP contribution in [0.5, 0.6) is 0 Å². The van der Waals surface area contributed by atoms with Gasteiger partial charge < -0.3 is 5.73 Å². The molecule has 1 atom stereocenters. The van der Waals surface area contributed by atoms with Gasteiger partial charge in [0.1, 0.15) is 10.9 Å². The van der Waals surface area contributed by atoms with Crippen molar-refractivity contribution in [3.63, 3.8) is 0 Å². The van der Waals surface area contributed by atoms with Gasteiger partial charge in [-0.25, -0.2) is 4.98 Å². The minimum atomic E-state index is -0.262. The number of primary amides is 1. The molecule has 8 heteroatoms. The molecule has 2 heterocycles. The number of nitrogens with two attached hydrogens (primary N) is 1. The molecule has 0 aliphatic carbocycles. The molecule has 134 valence electrons. The third kappa shape index (κ3) is 4.45. The molecule has 1 aliphatic heterocycles. The molecule has 3 rings (SSSR count). The summed E-state index contributed by atoms with van der Waals surface area (Å²) in [6.07, 6.45) is 3.25. The first-order chi connectivity index (χ1) is 12.5. The number of benzene rings is 1. The number of nitriles is 1. The van der Waals surface area contributed by atoms with Gasteiger partial charge in [0.05, 0.1) is 12.1 Å². The van der Waals surface area contributed by atoms with Crippen LogP contribution in [0.1, 0.15) is 33.6 Å². The van der Waals surface area contributed by atoms with Crippen LogP contribution in [0.15, 0.2) is 30.5 Å². The Morgan fingerprint density at radius 3 is 2.81 bits per heavy atom. The minimum Gasteiger partial charge on any atom is -0.369 e. The van der Waals surface area contributed by atoms with Crippen LogP contribution in [0.3, 0.4) is 0 Å². The lowest BCUT2D eigenvalue weighted by Gasteiger charge is -2.31. The zero-order valence-corrected chi connectivity index (χ0v) is 15.0. The summed E-state index contributed by atoms with van der Waals surface area (Å²) in [6, 6.07) is 9.33. The van der Waals surface area contributed by atoms with Gasteiger partial charge in [0.25, 0.3) is 5.91 Å². The van der Waals surface area contributed by atoms with E-state index in [1.54, 1.807) is 12.1 Å². The lowest BCUT2D eigenvalue weighted by molar-refractivity contribution is -0.123. The third-order valence-corrected chi connectivity index (χ3v) is 5.18. The Morgan fingerprint density at radius 2 is 2.15 bits per heavy atom. The molecule has 2 aromatic rings. The first-order valence-corrected chi connectivity index (χ1v) is 9.14. The molecule has 1 fully saturated rings. The summed E-state index contributed by atoms with van der Waals surface area (Å²) in [5.74, 6) is -0.573. The normalized spacial score (nSPS) is 17.4. The maximum Gasteiger partial charge on any atom is 0.257 e. The molecule has 0 spiro atoms. The summed E-state index contributed by atoms with van der Waals surface area (Å²) in [7, 11) is 0. The SMILES string of the molecule is N#Cc1cnc(NC(=O)c2ccc(CN3CCC[C@H](C(N)=O)C3)cc2)s1. The molecular formula is C18H19N5O2S. The number of hydrogen-bond acceptors (Lipinski definition) is 6. The number of amides is 2. The van der Waals surface area contributed by atoms with Crippen molar-refractivity contribution < 1.29 is 9.59 Å². The Hall–Kier alpha value is -2.76. The first-order valence-electron chi connectivity index (χ1n) is 8.33. The predicted molar refractivity (Wildman–Crippen MR) is 98.4 cm³/mol. The molecule has 0 unspecified atom stereocenters. The topological polar surface area (TPSA) is 112 Å². The standard InChI is InChI=1S/C18H19N5O2S/c19-8-15-9-21-18(26-15)22-17(25)13-5-3-12(4-6-13)10-23-7-1-2-14(11-23)16(20)24/h3-6,9,14H,1-2,7,10-11H2,(H2,20,24)(H,21,22,25)/t14-/m0/s1. The highest BCUT2D eigenvalue weighted by Gasteiger charge is 2.23. The number of aromatic nitrogens is 1. The largest absolute Gasteiger partial charge is 0.369 e. The van der Waals surface area contributed by atoms with Crippen molar-refractivity contribution in [2.45, 2.75) is 19.4 Å². The third-order valence-electron chi connectivity index (χ3n) is 4.37. The maximum absolute atomic E-state index is 12.2. The number of nitrogens with one attached hydrogen (secondary N) is 1. The van der Waals surface area contributed by atoms with Crippen molar-refractivity contribution in [2.75, 3.05) is 18.4 Å². The van der Waals surface area contributed by atoms with E-state index >= 15 is 0 Å². The fourth-order valence-electron chi connectivity index (χ4n) is 3.00. The molecule has 1 aromatic heterocycles. The number of carbonyl (C=O) groups excluding carboxylic acids is 2. The van der Waals surface area contributed by atoms with Crippen LogP contribution in [0.4, 0.5) is 5.13 Å². The van der Waals surface area contributed by atoms with Crippen molar-refractivity contribution in [3.8, 4) is 6.07 Å². The molecule has 26 heavy (non-hydrogen) atoms. The van der Waals surface area contributed by atoms with Crippen molar-refractivity contribution in [3.05, 3.63) is 46.5 Å². The lowest BCUT2D eigenvalue weighted by atomic mass is 9.97. The van der Waals surface area contributed by atoms with Crippen LogP contribution in [0.2, 0.25) is 0 Å². The summed E-state index contributed by atoms with van der Waals surface area (Å²) < 4.78 is 0. The van der Waals surface area contributed by atoms with Crippen LogP contribution < -0.4 is 11.1 Å². The second-order valence-corrected chi connectivity index (χ2v) is 7.30. The highest BCUT2D eigenvalue weighted by Crippen LogP contribution is 2.20. The molecule has 0 saturated carbocycles. The lowest BCUT2D eigenvalue weighted by Crippen LogP contribution is -2.40. The van der Waals surface area contributed by atoms with Gasteiger partial charge in [0.15, 0.2) is 5.13 Å². The van der Waals surface area contributed by atoms with E-state index in [2.05, 4.69) is 15.2 Å². The summed E-state index contributed by atoms with van der Waals surface area (Å²) in [5.41, 5.74) is 7.02. The van der Waals surface area contributed by atoms with E-state index in [1.807, 2.05) is 18.2 Å². The summed E-state index contributed by atoms with van der Waals surface area (Å²) >= 11 is 1.14. The molecule has 2 amide bonds. The summed E-state index contributed by atoms with van der Waals surface area (Å²) in [6.45, 7) is 2.35. The average molecular weight is 369 g/mol. The van der Waals surface area contributed by atoms with Gasteiger partial charge in [-0.05, 0) is 37.1 Å². The average Bonchev–Trinajstić information content (AvgIpc) is 3.10. The van der Waals surface area contributed by atoms with Crippen molar-refractivity contribution in [1.82, 2.24) is 9.88 Å². The smallest absolute Gasteiger partial charge is 0.257 e. The molecule has 3 N–H and O–H groups in total. The van der Waals surface area contributed by atoms with Gasteiger partial charge in [0.2, 0.25) is 5.91 Å². The number of anilines is 1. The van der Waals surface area contributed by atoms with E-state index in [1.165, 1.54) is 6.20 Å². The number of thiazole rings is 1. The number of nitrogens with zero attached hydrogens (tertiary/aromatic N) is 3. The molecule has 0 bridgehead atoms. The van der Waals surface area contributed by atoms with Gasteiger partial charge in [-0.1, -0.05) is 23.5 Å². The zero-order valence-electron chi connectivity index (χ0n) is 14.1. The molecular weight excluding hydrogens is 350 g/mol. The Morgan fingerprint density at radius 1 is 1.38 bits per heavy atom. The number of carbonyl (C=O) groups is 2.